The second-order valence-corrected chi connectivity index (χ2v) is 45.8. The summed E-state index contributed by atoms with van der Waals surface area (Å²) in [5.41, 5.74) is 18.6. The molecular weight excluding hydrogens is 1420 g/mol. The highest BCUT2D eigenvalue weighted by Crippen LogP contribution is 2.48. The normalized spacial score (nSPS) is 14.1. The quantitative estimate of drug-likeness (QED) is 0.0944. The van der Waals surface area contributed by atoms with Crippen molar-refractivity contribution in [3.8, 4) is 5.69 Å². The van der Waals surface area contributed by atoms with Crippen molar-refractivity contribution in [1.29, 1.82) is 0 Å². The van der Waals surface area contributed by atoms with Crippen LogP contribution in [0.25, 0.3) is 27.5 Å². The molecule has 1 aromatic heterocycles. The highest BCUT2D eigenvalue weighted by atomic mass is 28.3. The zero-order chi connectivity index (χ0) is 77.3. The molecule has 0 amide bonds. The number of anilines is 6. The van der Waals surface area contributed by atoms with Gasteiger partial charge in [0, 0.05) is 50.3 Å². The van der Waals surface area contributed by atoms with E-state index < -0.39 is 29.6 Å². The molecule has 114 heavy (non-hydrogen) atoms. The molecule has 17 aromatic rings. The van der Waals surface area contributed by atoms with E-state index in [2.05, 4.69) is 470 Å². The molecule has 0 radical (unpaired) electrons. The van der Waals surface area contributed by atoms with E-state index in [1.807, 2.05) is 0 Å². The highest BCUT2D eigenvalue weighted by Gasteiger charge is 2.51. The Balaban J connectivity index is 0.993. The molecule has 0 aliphatic carbocycles. The van der Waals surface area contributed by atoms with Gasteiger partial charge in [-0.25, -0.2) is 0 Å². The molecule has 21 rings (SSSR count). The van der Waals surface area contributed by atoms with Crippen LogP contribution in [0.4, 0.5) is 34.1 Å². The highest BCUT2D eigenvalue weighted by molar-refractivity contribution is 7.21. The van der Waals surface area contributed by atoms with Crippen molar-refractivity contribution in [3.05, 3.63) is 423 Å². The summed E-state index contributed by atoms with van der Waals surface area (Å²) in [6, 6.07) is 157. The van der Waals surface area contributed by atoms with Crippen LogP contribution in [0.15, 0.2) is 400 Å². The van der Waals surface area contributed by atoms with Crippen LogP contribution in [0.3, 0.4) is 0 Å². The maximum Gasteiger partial charge on any atom is 0.252 e. The van der Waals surface area contributed by atoms with Crippen molar-refractivity contribution in [2.24, 2.45) is 0 Å². The molecule has 0 fully saturated rings. The largest absolute Gasteiger partial charge is 0.311 e. The van der Waals surface area contributed by atoms with Crippen LogP contribution in [-0.2, 0) is 16.2 Å². The molecule has 10 bridgehead atoms. The van der Waals surface area contributed by atoms with Crippen LogP contribution in [0.5, 0.6) is 0 Å². The molecule has 0 saturated carbocycles. The maximum absolute atomic E-state index is 3.33. The number of hydrogen-bond acceptors (Lipinski definition) is 2. The Labute approximate surface area is 674 Å². The summed E-state index contributed by atoms with van der Waals surface area (Å²) in [6.07, 6.45) is 0. The van der Waals surface area contributed by atoms with Gasteiger partial charge in [0.1, 0.15) is 0 Å². The molecule has 4 aliphatic heterocycles. The minimum absolute atomic E-state index is 0.0842. The van der Waals surface area contributed by atoms with E-state index in [0.717, 1.165) is 39.8 Å². The molecule has 5 heterocycles. The van der Waals surface area contributed by atoms with Crippen LogP contribution in [-0.4, -0.2) is 35.5 Å². The number of nitrogens with zero attached hydrogens (tertiary/aromatic N) is 3. The molecule has 3 nitrogen and oxygen atoms in total. The monoisotopic (exact) mass is 1510 g/mol. The molecular formula is C107H90BN3Si3. The van der Waals surface area contributed by atoms with Gasteiger partial charge in [0.2, 0.25) is 0 Å². The SMILES string of the molecule is CC(C)(C)c1ccc(N2c3ccc([Si](c4ccccc4)(c4ccccc4)c4ccccc4)cc3B3c4ccc([Si](c5ccccc5)(c5ccccc5)c5ccccc5)cc4N4c5cccc(c5)[Si](c5ccccc5)(c5ccccc5)c5cccc(c5)C(C)(C)c5ccc6c(c5)c5cc(C(C)(C)C)ccc5n6-c5cc2c3c4c5)cc1. The average molecular weight is 1510 g/mol. The van der Waals surface area contributed by atoms with Gasteiger partial charge in [-0.3, -0.25) is 0 Å². The molecule has 0 atom stereocenters. The zero-order valence-electron chi connectivity index (χ0n) is 66.0. The zero-order valence-corrected chi connectivity index (χ0v) is 69.0. The number of fused-ring (bicyclic) bond motifs is 6. The Bertz CT molecular complexity index is 6290. The summed E-state index contributed by atoms with van der Waals surface area (Å²) in [4.78, 5) is 5.42. The van der Waals surface area contributed by atoms with Crippen LogP contribution in [0.1, 0.15) is 77.6 Å². The molecule has 0 spiro atoms. The maximum atomic E-state index is 2.75. The first kappa shape index (κ1) is 70.7. The second-order valence-electron chi connectivity index (χ2n) is 34.3. The summed E-state index contributed by atoms with van der Waals surface area (Å²) in [5, 5.41) is 18.4. The molecule has 16 aromatic carbocycles. The van der Waals surface area contributed by atoms with Gasteiger partial charge in [0.25, 0.3) is 6.71 Å². The fourth-order valence-electron chi connectivity index (χ4n) is 20.1. The van der Waals surface area contributed by atoms with Crippen LogP contribution in [0, 0.1) is 0 Å². The third-order valence-electron chi connectivity index (χ3n) is 25.7. The molecule has 4 aliphatic rings. The van der Waals surface area contributed by atoms with Crippen molar-refractivity contribution in [2.45, 2.75) is 71.6 Å². The van der Waals surface area contributed by atoms with Crippen molar-refractivity contribution >= 4 is 165 Å². The van der Waals surface area contributed by atoms with Gasteiger partial charge in [0.05, 0.1) is 16.7 Å². The molecule has 548 valence electrons. The summed E-state index contributed by atoms with van der Waals surface area (Å²) in [6.45, 7) is 18.7. The van der Waals surface area contributed by atoms with Crippen molar-refractivity contribution in [3.63, 3.8) is 0 Å². The van der Waals surface area contributed by atoms with E-state index in [1.165, 1.54) is 123 Å². The predicted octanol–water partition coefficient (Wildman–Crippen LogP) is 16.2. The van der Waals surface area contributed by atoms with E-state index in [1.54, 1.807) is 0 Å². The fraction of sp³-hybridized carbons (Fsp3) is 0.103. The van der Waals surface area contributed by atoms with Gasteiger partial charge in [-0.05, 0) is 185 Å². The van der Waals surface area contributed by atoms with E-state index in [9.17, 15) is 0 Å². The van der Waals surface area contributed by atoms with E-state index in [4.69, 9.17) is 0 Å². The summed E-state index contributed by atoms with van der Waals surface area (Å²) >= 11 is 0. The van der Waals surface area contributed by atoms with Crippen LogP contribution >= 0.6 is 0 Å². The molecule has 7 heteroatoms. The van der Waals surface area contributed by atoms with Gasteiger partial charge in [-0.2, -0.15) is 0 Å². The summed E-state index contributed by atoms with van der Waals surface area (Å²) < 4.78 is 2.62. The van der Waals surface area contributed by atoms with Gasteiger partial charge in [-0.15, -0.1) is 0 Å². The summed E-state index contributed by atoms with van der Waals surface area (Å²) in [5.74, 6) is 0. The first-order chi connectivity index (χ1) is 55.5. The third kappa shape index (κ3) is 10.9. The Morgan fingerprint density at radius 1 is 0.272 bits per heavy atom. The first-order valence-corrected chi connectivity index (χ1v) is 46.5. The van der Waals surface area contributed by atoms with E-state index in [0.29, 0.717) is 0 Å². The van der Waals surface area contributed by atoms with Gasteiger partial charge in [-0.1, -0.05) is 383 Å². The van der Waals surface area contributed by atoms with E-state index in [-0.39, 0.29) is 17.5 Å². The third-order valence-corrected chi connectivity index (χ3v) is 40.0. The molecule has 0 unspecified atom stereocenters. The minimum Gasteiger partial charge on any atom is -0.311 e. The summed E-state index contributed by atoms with van der Waals surface area (Å²) in [7, 11) is -9.75. The smallest absolute Gasteiger partial charge is 0.252 e. The lowest BCUT2D eigenvalue weighted by Crippen LogP contribution is -2.75. The Morgan fingerprint density at radius 3 is 1.17 bits per heavy atom. The van der Waals surface area contributed by atoms with Crippen molar-refractivity contribution < 1.29 is 0 Å². The Hall–Kier alpha value is -12.4. The number of aromatic nitrogens is 1. The standard InChI is InChI=1S/C107H90BN3Si3/c1-105(2,3)75-55-59-79(60-56-75)109-100-66-62-92(112(82-37-17-9-18-38-82,83-39-19-10-20-40-83)84-41-21-11-22-42-84)73-97(100)108-96-63-61-93(113(85-43-23-12-24-44-85,86-45-25-13-26-46-86)87-47-27-14-28-48-87)74-101(96)110-80-36-34-54-91(70-80)114(88-49-29-15-30-50-88,89-51-31-16-32-52-89)90-53-33-35-77(67-90)107(7,8)78-58-65-99-95(69-78)94-68-76(106(4,5)6)57-64-98(94)111(99)81-71-102(109)104(108)103(110)72-81/h9-74H,1-8H3. The Kier molecular flexibility index (Phi) is 16.9. The lowest BCUT2D eigenvalue weighted by Gasteiger charge is -2.46. The first-order valence-electron chi connectivity index (χ1n) is 40.5. The second kappa shape index (κ2) is 27.2. The fourth-order valence-corrected chi connectivity index (χ4v) is 34.5. The van der Waals surface area contributed by atoms with Gasteiger partial charge < -0.3 is 14.4 Å². The molecule has 0 saturated heterocycles. The van der Waals surface area contributed by atoms with Crippen LogP contribution < -0.4 is 88.4 Å². The predicted molar refractivity (Wildman–Crippen MR) is 495 cm³/mol. The lowest BCUT2D eigenvalue weighted by molar-refractivity contribution is 0.590. The number of rotatable bonds is 11. The van der Waals surface area contributed by atoms with Crippen molar-refractivity contribution in [2.75, 3.05) is 9.80 Å². The van der Waals surface area contributed by atoms with Gasteiger partial charge >= 0.3 is 0 Å². The number of benzene rings is 16. The minimum atomic E-state index is -3.33. The van der Waals surface area contributed by atoms with Crippen molar-refractivity contribution in [1.82, 2.24) is 4.57 Å². The van der Waals surface area contributed by atoms with E-state index >= 15 is 0 Å². The average Bonchev–Trinajstić information content (AvgIpc) is 0.954. The van der Waals surface area contributed by atoms with Crippen LogP contribution in [0.2, 0.25) is 0 Å². The Morgan fingerprint density at radius 2 is 0.675 bits per heavy atom. The van der Waals surface area contributed by atoms with Gasteiger partial charge in [0.15, 0.2) is 24.2 Å². The lowest BCUT2D eigenvalue weighted by atomic mass is 9.33. The number of hydrogen-bond donors (Lipinski definition) is 0. The molecule has 0 N–H and O–H groups in total. The topological polar surface area (TPSA) is 11.4 Å².